The van der Waals surface area contributed by atoms with Crippen LogP contribution in [0.4, 0.5) is 4.39 Å². The van der Waals surface area contributed by atoms with Gasteiger partial charge in [0, 0.05) is 12.1 Å². The first-order valence-corrected chi connectivity index (χ1v) is 4.71. The molecule has 2 nitrogen and oxygen atoms in total. The van der Waals surface area contributed by atoms with Crippen molar-refractivity contribution in [3.63, 3.8) is 0 Å². The lowest BCUT2D eigenvalue weighted by Gasteiger charge is -2.12. The molecule has 1 aromatic rings. The van der Waals surface area contributed by atoms with Gasteiger partial charge in [-0.15, -0.1) is 0 Å². The third-order valence-corrected chi connectivity index (χ3v) is 1.98. The Morgan fingerprint density at radius 2 is 2.21 bits per heavy atom. The van der Waals surface area contributed by atoms with E-state index in [0.717, 1.165) is 23.4 Å². The molecule has 3 heteroatoms. The average Bonchev–Trinajstić information content (AvgIpc) is 2.18. The Labute approximate surface area is 84.1 Å². The van der Waals surface area contributed by atoms with Crippen LogP contribution in [0.2, 0.25) is 0 Å². The Bertz CT molecular complexity index is 289. The molecule has 1 aromatic carbocycles. The second-order valence-corrected chi connectivity index (χ2v) is 3.13. The third kappa shape index (κ3) is 2.70. The van der Waals surface area contributed by atoms with E-state index in [0.29, 0.717) is 0 Å². The quantitative estimate of drug-likeness (QED) is 0.780. The van der Waals surface area contributed by atoms with Crippen LogP contribution in [0.5, 0.6) is 5.75 Å². The number of hydrogen-bond acceptors (Lipinski definition) is 2. The second-order valence-electron chi connectivity index (χ2n) is 3.13. The summed E-state index contributed by atoms with van der Waals surface area (Å²) in [5.41, 5.74) is 2.12. The molecule has 0 saturated heterocycles. The molecule has 1 rings (SSSR count). The van der Waals surface area contributed by atoms with E-state index >= 15 is 0 Å². The summed E-state index contributed by atoms with van der Waals surface area (Å²) >= 11 is 0. The molecule has 0 bridgehead atoms. The number of alkyl halides is 1. The maximum atomic E-state index is 12.0. The van der Waals surface area contributed by atoms with Gasteiger partial charge >= 0.3 is 0 Å². The van der Waals surface area contributed by atoms with Gasteiger partial charge < -0.3 is 10.1 Å². The zero-order valence-electron chi connectivity index (χ0n) is 8.64. The summed E-state index contributed by atoms with van der Waals surface area (Å²) in [5.74, 6) is 0.805. The highest BCUT2D eigenvalue weighted by Crippen LogP contribution is 2.23. The van der Waals surface area contributed by atoms with Crippen LogP contribution in [-0.4, -0.2) is 20.3 Å². The van der Waals surface area contributed by atoms with E-state index in [1.54, 1.807) is 0 Å². The van der Waals surface area contributed by atoms with Crippen LogP contribution < -0.4 is 10.1 Å². The molecule has 0 aliphatic carbocycles. The van der Waals surface area contributed by atoms with Gasteiger partial charge in [0.1, 0.15) is 19.0 Å². The Hall–Kier alpha value is -1.09. The number of halogens is 1. The fourth-order valence-electron chi connectivity index (χ4n) is 1.39. The van der Waals surface area contributed by atoms with Crippen LogP contribution >= 0.6 is 0 Å². The predicted molar refractivity (Wildman–Crippen MR) is 55.4 cm³/mol. The molecular formula is C11H16FNO. The highest BCUT2D eigenvalue weighted by molar-refractivity contribution is 5.40. The molecule has 0 saturated carbocycles. The topological polar surface area (TPSA) is 21.3 Å². The van der Waals surface area contributed by atoms with Crippen molar-refractivity contribution in [3.8, 4) is 5.75 Å². The highest BCUT2D eigenvalue weighted by Gasteiger charge is 2.05. The summed E-state index contributed by atoms with van der Waals surface area (Å²) < 4.78 is 17.3. The molecule has 14 heavy (non-hydrogen) atoms. The molecule has 0 heterocycles. The van der Waals surface area contributed by atoms with Gasteiger partial charge in [-0.2, -0.15) is 0 Å². The zero-order valence-corrected chi connectivity index (χ0v) is 8.64. The summed E-state index contributed by atoms with van der Waals surface area (Å²) in [7, 11) is 1.88. The maximum Gasteiger partial charge on any atom is 0.126 e. The lowest BCUT2D eigenvalue weighted by Crippen LogP contribution is -2.09. The minimum atomic E-state index is -0.451. The smallest absolute Gasteiger partial charge is 0.126 e. The van der Waals surface area contributed by atoms with Gasteiger partial charge in [-0.05, 0) is 19.5 Å². The standard InChI is InChI=1S/C11H16FNO/c1-9-4-3-5-10(8-13-2)11(9)14-7-6-12/h3-5,13H,6-8H2,1-2H3. The molecule has 0 aliphatic rings. The fraction of sp³-hybridized carbons (Fsp3) is 0.455. The van der Waals surface area contributed by atoms with Crippen LogP contribution in [0.25, 0.3) is 0 Å². The lowest BCUT2D eigenvalue weighted by molar-refractivity contribution is 0.269. The average molecular weight is 197 g/mol. The molecule has 0 atom stereocenters. The zero-order chi connectivity index (χ0) is 10.4. The van der Waals surface area contributed by atoms with E-state index in [-0.39, 0.29) is 6.61 Å². The SMILES string of the molecule is CNCc1cccc(C)c1OCCF. The van der Waals surface area contributed by atoms with Crippen molar-refractivity contribution >= 4 is 0 Å². The Morgan fingerprint density at radius 1 is 1.43 bits per heavy atom. The first-order valence-electron chi connectivity index (χ1n) is 4.71. The van der Waals surface area contributed by atoms with Gasteiger partial charge in [0.2, 0.25) is 0 Å². The number of nitrogens with one attached hydrogen (secondary N) is 1. The molecule has 78 valence electrons. The summed E-state index contributed by atoms with van der Waals surface area (Å²) in [6.45, 7) is 2.38. The van der Waals surface area contributed by atoms with Gasteiger partial charge in [0.25, 0.3) is 0 Å². The molecule has 0 spiro atoms. The highest BCUT2D eigenvalue weighted by atomic mass is 19.1. The van der Waals surface area contributed by atoms with Crippen molar-refractivity contribution < 1.29 is 9.13 Å². The molecule has 1 N–H and O–H groups in total. The molecular weight excluding hydrogens is 181 g/mol. The number of para-hydroxylation sites is 1. The van der Waals surface area contributed by atoms with Crippen molar-refractivity contribution in [1.29, 1.82) is 0 Å². The summed E-state index contributed by atoms with van der Waals surface area (Å²) in [6.07, 6.45) is 0. The summed E-state index contributed by atoms with van der Waals surface area (Å²) in [6, 6.07) is 5.92. The van der Waals surface area contributed by atoms with Crippen molar-refractivity contribution in [1.82, 2.24) is 5.32 Å². The minimum absolute atomic E-state index is 0.127. The normalized spacial score (nSPS) is 10.2. The second kappa shape index (κ2) is 5.60. The molecule has 0 amide bonds. The van der Waals surface area contributed by atoms with Gasteiger partial charge in [-0.1, -0.05) is 18.2 Å². The Kier molecular flexibility index (Phi) is 4.40. The van der Waals surface area contributed by atoms with E-state index in [4.69, 9.17) is 4.74 Å². The van der Waals surface area contributed by atoms with Crippen molar-refractivity contribution in [2.24, 2.45) is 0 Å². The van der Waals surface area contributed by atoms with Crippen LogP contribution in [0.3, 0.4) is 0 Å². The van der Waals surface area contributed by atoms with Crippen LogP contribution in [0, 0.1) is 6.92 Å². The van der Waals surface area contributed by atoms with E-state index in [9.17, 15) is 4.39 Å². The number of aryl methyl sites for hydroxylation is 1. The van der Waals surface area contributed by atoms with Crippen molar-refractivity contribution in [2.45, 2.75) is 13.5 Å². The van der Waals surface area contributed by atoms with Gasteiger partial charge in [0.05, 0.1) is 0 Å². The molecule has 0 aliphatic heterocycles. The molecule has 0 unspecified atom stereocenters. The number of hydrogen-bond donors (Lipinski definition) is 1. The van der Waals surface area contributed by atoms with Crippen LogP contribution in [0.1, 0.15) is 11.1 Å². The number of benzene rings is 1. The summed E-state index contributed by atoms with van der Waals surface area (Å²) in [5, 5.41) is 3.05. The van der Waals surface area contributed by atoms with E-state index in [2.05, 4.69) is 5.32 Å². The molecule has 0 radical (unpaired) electrons. The van der Waals surface area contributed by atoms with Gasteiger partial charge in [0.15, 0.2) is 0 Å². The first-order chi connectivity index (χ1) is 6.79. The fourth-order valence-corrected chi connectivity index (χ4v) is 1.39. The van der Waals surface area contributed by atoms with E-state index in [1.165, 1.54) is 0 Å². The Morgan fingerprint density at radius 3 is 2.86 bits per heavy atom. The monoisotopic (exact) mass is 197 g/mol. The minimum Gasteiger partial charge on any atom is -0.490 e. The van der Waals surface area contributed by atoms with Gasteiger partial charge in [-0.3, -0.25) is 0 Å². The van der Waals surface area contributed by atoms with E-state index in [1.807, 2.05) is 32.2 Å². The number of ether oxygens (including phenoxy) is 1. The third-order valence-electron chi connectivity index (χ3n) is 1.98. The molecule has 0 aromatic heterocycles. The maximum absolute atomic E-state index is 12.0. The van der Waals surface area contributed by atoms with Gasteiger partial charge in [-0.25, -0.2) is 4.39 Å². The van der Waals surface area contributed by atoms with Crippen molar-refractivity contribution in [2.75, 3.05) is 20.3 Å². The Balaban J connectivity index is 2.84. The first kappa shape index (κ1) is 11.0. The van der Waals surface area contributed by atoms with Crippen LogP contribution in [0.15, 0.2) is 18.2 Å². The van der Waals surface area contributed by atoms with E-state index < -0.39 is 6.67 Å². The largest absolute Gasteiger partial charge is 0.490 e. The van der Waals surface area contributed by atoms with Crippen molar-refractivity contribution in [3.05, 3.63) is 29.3 Å². The summed E-state index contributed by atoms with van der Waals surface area (Å²) in [4.78, 5) is 0. The molecule has 0 fully saturated rings. The predicted octanol–water partition coefficient (Wildman–Crippen LogP) is 2.06. The number of rotatable bonds is 5. The van der Waals surface area contributed by atoms with Crippen LogP contribution in [-0.2, 0) is 6.54 Å². The lowest BCUT2D eigenvalue weighted by atomic mass is 10.1.